The lowest BCUT2D eigenvalue weighted by atomic mass is 10.5. The Bertz CT molecular complexity index is 128. The van der Waals surface area contributed by atoms with E-state index in [4.69, 9.17) is 13.3 Å². The van der Waals surface area contributed by atoms with Crippen molar-refractivity contribution >= 4 is 16.8 Å². The predicted octanol–water partition coefficient (Wildman–Crippen LogP) is -0.0723. The standard InChI is InChI=1S/C6H16NO3Si2/c1-8-12(9-2,10-3)11-6-4-5-7-11/h7H,4-6H2,1-3H3. The van der Waals surface area contributed by atoms with E-state index in [0.29, 0.717) is 0 Å². The number of hydrogen-bond donors (Lipinski definition) is 1. The SMILES string of the molecule is CO[Si](OC)(OC)[Si]1CCCN1. The van der Waals surface area contributed by atoms with Crippen LogP contribution in [-0.4, -0.2) is 44.7 Å². The summed E-state index contributed by atoms with van der Waals surface area (Å²) < 4.78 is 16.2. The molecule has 12 heavy (non-hydrogen) atoms. The third-order valence-corrected chi connectivity index (χ3v) is 11.3. The van der Waals surface area contributed by atoms with Gasteiger partial charge in [0.15, 0.2) is 0 Å². The minimum Gasteiger partial charge on any atom is -0.379 e. The van der Waals surface area contributed by atoms with E-state index in [1.165, 1.54) is 12.5 Å². The van der Waals surface area contributed by atoms with Crippen molar-refractivity contribution in [3.05, 3.63) is 0 Å². The molecule has 1 heterocycles. The highest BCUT2D eigenvalue weighted by Crippen LogP contribution is 2.16. The molecule has 1 radical (unpaired) electrons. The quantitative estimate of drug-likeness (QED) is 0.654. The Hall–Kier alpha value is 0.274. The summed E-state index contributed by atoms with van der Waals surface area (Å²) in [7, 11) is 2.00. The summed E-state index contributed by atoms with van der Waals surface area (Å²) in [6.07, 6.45) is 1.22. The van der Waals surface area contributed by atoms with E-state index in [1.54, 1.807) is 21.3 Å². The minimum atomic E-state index is -2.29. The first kappa shape index (κ1) is 10.4. The fraction of sp³-hybridized carbons (Fsp3) is 1.00. The Morgan fingerprint density at radius 1 is 1.17 bits per heavy atom. The van der Waals surface area contributed by atoms with Gasteiger partial charge in [0.2, 0.25) is 8.48 Å². The highest BCUT2D eigenvalue weighted by molar-refractivity contribution is 7.23. The van der Waals surface area contributed by atoms with Crippen LogP contribution in [0.5, 0.6) is 0 Å². The van der Waals surface area contributed by atoms with E-state index in [0.717, 1.165) is 6.54 Å². The molecule has 1 fully saturated rings. The monoisotopic (exact) mass is 206 g/mol. The molecule has 1 aliphatic rings. The topological polar surface area (TPSA) is 39.7 Å². The largest absolute Gasteiger partial charge is 0.486 e. The van der Waals surface area contributed by atoms with Gasteiger partial charge in [-0.1, -0.05) is 0 Å². The van der Waals surface area contributed by atoms with Crippen molar-refractivity contribution in [3.8, 4) is 0 Å². The fourth-order valence-electron chi connectivity index (χ4n) is 1.47. The Morgan fingerprint density at radius 3 is 2.08 bits per heavy atom. The second kappa shape index (κ2) is 4.49. The molecule has 1 N–H and O–H groups in total. The zero-order chi connectivity index (χ0) is 9.03. The summed E-state index contributed by atoms with van der Waals surface area (Å²) in [5, 5.41) is 0. The van der Waals surface area contributed by atoms with Crippen molar-refractivity contribution in [2.45, 2.75) is 12.5 Å². The maximum Gasteiger partial charge on any atom is 0.486 e. The molecule has 0 unspecified atom stereocenters. The Kier molecular flexibility index (Phi) is 3.88. The first-order valence-electron chi connectivity index (χ1n) is 4.04. The molecule has 0 amide bonds. The van der Waals surface area contributed by atoms with Gasteiger partial charge >= 0.3 is 8.32 Å². The van der Waals surface area contributed by atoms with Gasteiger partial charge in [-0.25, -0.2) is 0 Å². The normalized spacial score (nSPS) is 20.2. The van der Waals surface area contributed by atoms with E-state index in [-0.39, 0.29) is 0 Å². The summed E-state index contributed by atoms with van der Waals surface area (Å²) >= 11 is 0. The van der Waals surface area contributed by atoms with Gasteiger partial charge in [-0.15, -0.1) is 0 Å². The average molecular weight is 206 g/mol. The molecule has 0 aromatic rings. The van der Waals surface area contributed by atoms with Crippen molar-refractivity contribution in [3.63, 3.8) is 0 Å². The Labute approximate surface area is 76.0 Å². The van der Waals surface area contributed by atoms with Gasteiger partial charge in [0.25, 0.3) is 0 Å². The van der Waals surface area contributed by atoms with Gasteiger partial charge in [-0.2, -0.15) is 0 Å². The summed E-state index contributed by atoms with van der Waals surface area (Å²) in [6, 6.07) is 1.19. The zero-order valence-corrected chi connectivity index (χ0v) is 9.85. The van der Waals surface area contributed by atoms with Crippen LogP contribution in [0.2, 0.25) is 6.04 Å². The van der Waals surface area contributed by atoms with E-state index >= 15 is 0 Å². The molecule has 71 valence electrons. The summed E-state index contributed by atoms with van der Waals surface area (Å²) in [5.74, 6) is 0. The van der Waals surface area contributed by atoms with Crippen LogP contribution >= 0.6 is 0 Å². The predicted molar refractivity (Wildman–Crippen MR) is 50.0 cm³/mol. The first-order valence-corrected chi connectivity index (χ1v) is 8.48. The fourth-order valence-corrected chi connectivity index (χ4v) is 9.11. The number of rotatable bonds is 4. The van der Waals surface area contributed by atoms with Crippen molar-refractivity contribution in [1.82, 2.24) is 4.98 Å². The second-order valence-corrected chi connectivity index (χ2v) is 10.5. The van der Waals surface area contributed by atoms with Gasteiger partial charge in [0, 0.05) is 21.3 Å². The van der Waals surface area contributed by atoms with Crippen molar-refractivity contribution in [1.29, 1.82) is 0 Å². The zero-order valence-electron chi connectivity index (χ0n) is 7.85. The van der Waals surface area contributed by atoms with Gasteiger partial charge < -0.3 is 18.3 Å². The first-order chi connectivity index (χ1) is 5.79. The molecule has 6 heteroatoms. The lowest BCUT2D eigenvalue weighted by Gasteiger charge is -2.28. The molecular formula is C6H16NO3Si2. The lowest BCUT2D eigenvalue weighted by molar-refractivity contribution is 0.146. The molecule has 0 aromatic heterocycles. The second-order valence-electron chi connectivity index (χ2n) is 2.68. The van der Waals surface area contributed by atoms with Crippen LogP contribution in [0.1, 0.15) is 6.42 Å². The minimum absolute atomic E-state index is 0.740. The van der Waals surface area contributed by atoms with E-state index < -0.39 is 16.8 Å². The summed E-state index contributed by atoms with van der Waals surface area (Å²) in [6.45, 7) is 1.08. The van der Waals surface area contributed by atoms with Crippen LogP contribution in [0, 0.1) is 0 Å². The van der Waals surface area contributed by atoms with Crippen molar-refractivity contribution in [2.75, 3.05) is 27.9 Å². The molecule has 0 bridgehead atoms. The van der Waals surface area contributed by atoms with E-state index in [1.807, 2.05) is 0 Å². The van der Waals surface area contributed by atoms with Crippen LogP contribution in [0.25, 0.3) is 0 Å². The number of hydrogen-bond acceptors (Lipinski definition) is 4. The summed E-state index contributed by atoms with van der Waals surface area (Å²) in [4.78, 5) is 3.44. The van der Waals surface area contributed by atoms with Crippen molar-refractivity contribution in [2.24, 2.45) is 0 Å². The molecule has 0 aromatic carbocycles. The highest BCUT2D eigenvalue weighted by atomic mass is 29.3. The molecule has 4 nitrogen and oxygen atoms in total. The van der Waals surface area contributed by atoms with Crippen LogP contribution in [-0.2, 0) is 13.3 Å². The number of nitrogens with one attached hydrogen (secondary N) is 1. The Morgan fingerprint density at radius 2 is 1.75 bits per heavy atom. The third kappa shape index (κ3) is 1.78. The maximum atomic E-state index is 5.40. The van der Waals surface area contributed by atoms with E-state index in [9.17, 15) is 0 Å². The molecule has 0 atom stereocenters. The van der Waals surface area contributed by atoms with Gasteiger partial charge in [-0.3, -0.25) is 0 Å². The molecule has 1 aliphatic heterocycles. The molecule has 0 aliphatic carbocycles. The maximum absolute atomic E-state index is 5.40. The van der Waals surface area contributed by atoms with Crippen LogP contribution < -0.4 is 4.98 Å². The Balaban J connectivity index is 2.61. The van der Waals surface area contributed by atoms with Gasteiger partial charge in [0.05, 0.1) is 0 Å². The van der Waals surface area contributed by atoms with Crippen LogP contribution in [0.3, 0.4) is 0 Å². The average Bonchev–Trinajstić information content (AvgIpc) is 2.62. The lowest BCUT2D eigenvalue weighted by Crippen LogP contribution is -2.61. The highest BCUT2D eigenvalue weighted by Gasteiger charge is 2.50. The molecule has 1 saturated heterocycles. The molecule has 0 spiro atoms. The smallest absolute Gasteiger partial charge is 0.379 e. The van der Waals surface area contributed by atoms with Crippen molar-refractivity contribution < 1.29 is 13.3 Å². The molecule has 1 rings (SSSR count). The van der Waals surface area contributed by atoms with Crippen LogP contribution in [0.4, 0.5) is 0 Å². The molecule has 0 saturated carbocycles. The van der Waals surface area contributed by atoms with E-state index in [2.05, 4.69) is 4.98 Å². The summed E-state index contributed by atoms with van der Waals surface area (Å²) in [5.41, 5.74) is 0. The van der Waals surface area contributed by atoms with Gasteiger partial charge in [-0.05, 0) is 19.0 Å². The third-order valence-electron chi connectivity index (χ3n) is 2.12. The van der Waals surface area contributed by atoms with Gasteiger partial charge in [0.1, 0.15) is 0 Å². The molecular weight excluding hydrogens is 190 g/mol. The van der Waals surface area contributed by atoms with Crippen LogP contribution in [0.15, 0.2) is 0 Å².